The lowest BCUT2D eigenvalue weighted by atomic mass is 9.82. The number of rotatable bonds is 19. The van der Waals surface area contributed by atoms with Crippen LogP contribution in [0, 0.1) is 45.9 Å². The number of nitro groups is 2. The summed E-state index contributed by atoms with van der Waals surface area (Å²) in [7, 11) is 3.19. The van der Waals surface area contributed by atoms with Gasteiger partial charge in [0.2, 0.25) is 0 Å². The summed E-state index contributed by atoms with van der Waals surface area (Å²) in [5.41, 5.74) is 13.4. The third-order valence-electron chi connectivity index (χ3n) is 11.4. The Morgan fingerprint density at radius 1 is 0.758 bits per heavy atom. The van der Waals surface area contributed by atoms with Gasteiger partial charge in [0.1, 0.15) is 22.9 Å². The fourth-order valence-electron chi connectivity index (χ4n) is 7.71. The summed E-state index contributed by atoms with van der Waals surface area (Å²) in [5.74, 6) is 1.06. The molecule has 2 saturated heterocycles. The molecule has 330 valence electrons. The van der Waals surface area contributed by atoms with Crippen molar-refractivity contribution in [2.45, 2.75) is 83.6 Å². The molecule has 9 atom stereocenters. The molecule has 18 heteroatoms. The van der Waals surface area contributed by atoms with Crippen molar-refractivity contribution >= 4 is 22.7 Å². The first kappa shape index (κ1) is 45.5. The van der Waals surface area contributed by atoms with Crippen LogP contribution in [0.25, 0.3) is 10.4 Å². The number of nitro benzene ring substituents is 2. The van der Waals surface area contributed by atoms with E-state index in [1.807, 2.05) is 62.4 Å². The summed E-state index contributed by atoms with van der Waals surface area (Å²) < 4.78 is 43.0. The molecule has 4 aromatic rings. The highest BCUT2D eigenvalue weighted by atomic mass is 16.7. The highest BCUT2D eigenvalue weighted by Gasteiger charge is 2.48. The molecule has 2 fully saturated rings. The second-order valence-corrected chi connectivity index (χ2v) is 15.6. The average molecular weight is 856 g/mol. The Morgan fingerprint density at radius 2 is 1.27 bits per heavy atom. The second-order valence-electron chi connectivity index (χ2n) is 15.6. The number of hydrogen-bond donors (Lipinski definition) is 2. The minimum atomic E-state index is -1.12. The van der Waals surface area contributed by atoms with Gasteiger partial charge < -0.3 is 43.8 Å². The molecule has 62 heavy (non-hydrogen) atoms. The van der Waals surface area contributed by atoms with Gasteiger partial charge in [-0.2, -0.15) is 0 Å². The predicted octanol–water partition coefficient (Wildman–Crippen LogP) is 8.29. The molecule has 6 rings (SSSR count). The lowest BCUT2D eigenvalue weighted by molar-refractivity contribution is -0.384. The van der Waals surface area contributed by atoms with E-state index in [0.29, 0.717) is 23.5 Å². The van der Waals surface area contributed by atoms with E-state index in [4.69, 9.17) is 33.2 Å². The van der Waals surface area contributed by atoms with E-state index in [1.54, 1.807) is 52.3 Å². The topological polar surface area (TPSA) is 224 Å². The van der Waals surface area contributed by atoms with Crippen molar-refractivity contribution in [2.24, 2.45) is 17.0 Å². The van der Waals surface area contributed by atoms with Crippen molar-refractivity contribution in [1.82, 2.24) is 0 Å². The van der Waals surface area contributed by atoms with Gasteiger partial charge in [0.25, 0.3) is 11.4 Å². The van der Waals surface area contributed by atoms with Gasteiger partial charge in [0.05, 0.1) is 93.5 Å². The smallest absolute Gasteiger partial charge is 0.292 e. The monoisotopic (exact) mass is 855 g/mol. The Labute approximate surface area is 359 Å². The van der Waals surface area contributed by atoms with Crippen molar-refractivity contribution < 1.29 is 43.0 Å². The molecule has 18 nitrogen and oxygen atoms in total. The first-order valence-corrected chi connectivity index (χ1v) is 20.3. The van der Waals surface area contributed by atoms with Crippen molar-refractivity contribution in [2.75, 3.05) is 44.7 Å². The number of azide groups is 1. The molecule has 0 amide bonds. The number of aryl methyl sites for hydroxylation is 2. The summed E-state index contributed by atoms with van der Waals surface area (Å²) in [6, 6.07) is 22.1. The zero-order valence-corrected chi connectivity index (χ0v) is 35.5. The summed E-state index contributed by atoms with van der Waals surface area (Å²) in [6.07, 6.45) is -3.47. The molecule has 0 radical (unpaired) electrons. The van der Waals surface area contributed by atoms with Crippen LogP contribution >= 0.6 is 0 Å². The van der Waals surface area contributed by atoms with Gasteiger partial charge in [-0.25, -0.2) is 0 Å². The first-order valence-electron chi connectivity index (χ1n) is 20.3. The average Bonchev–Trinajstić information content (AvgIpc) is 3.26. The molecule has 2 heterocycles. The minimum absolute atomic E-state index is 0.00496. The molecule has 2 aliphatic heterocycles. The van der Waals surface area contributed by atoms with Crippen LogP contribution in [0.3, 0.4) is 0 Å². The highest BCUT2D eigenvalue weighted by molar-refractivity contribution is 5.64. The van der Waals surface area contributed by atoms with E-state index in [9.17, 15) is 25.8 Å². The van der Waals surface area contributed by atoms with Gasteiger partial charge >= 0.3 is 0 Å². The molecule has 0 aromatic heterocycles. The maximum atomic E-state index is 12.3. The van der Waals surface area contributed by atoms with Crippen LogP contribution in [0.4, 0.5) is 22.7 Å². The molecule has 4 aromatic carbocycles. The van der Waals surface area contributed by atoms with Crippen LogP contribution in [0.5, 0.6) is 11.5 Å². The Kier molecular flexibility index (Phi) is 15.6. The fraction of sp³-hybridized carbons (Fsp3) is 0.455. The van der Waals surface area contributed by atoms with Crippen molar-refractivity contribution in [3.8, 4) is 11.5 Å². The lowest BCUT2D eigenvalue weighted by Crippen LogP contribution is -2.62. The molecule has 0 saturated carbocycles. The van der Waals surface area contributed by atoms with Crippen LogP contribution in [0.1, 0.15) is 36.1 Å². The van der Waals surface area contributed by atoms with E-state index in [0.717, 1.165) is 16.9 Å². The van der Waals surface area contributed by atoms with Crippen molar-refractivity contribution in [3.05, 3.63) is 138 Å². The first-order chi connectivity index (χ1) is 29.9. The zero-order valence-electron chi connectivity index (χ0n) is 35.5. The Bertz CT molecular complexity index is 2190. The molecule has 4 unspecified atom stereocenters. The Morgan fingerprint density at radius 3 is 1.77 bits per heavy atom. The lowest BCUT2D eigenvalue weighted by Gasteiger charge is -2.48. The number of methoxy groups -OCH3 is 2. The van der Waals surface area contributed by atoms with Crippen LogP contribution in [0.15, 0.2) is 90.0 Å². The number of benzene rings is 4. The Hall–Kier alpha value is -6.01. The maximum Gasteiger partial charge on any atom is 0.292 e. The summed E-state index contributed by atoms with van der Waals surface area (Å²) in [6.45, 7) is 8.24. The molecular formula is C44H53N7O11. The van der Waals surface area contributed by atoms with Crippen molar-refractivity contribution in [3.63, 3.8) is 0 Å². The van der Waals surface area contributed by atoms with Gasteiger partial charge in [0, 0.05) is 17.0 Å². The van der Waals surface area contributed by atoms with E-state index >= 15 is 0 Å². The minimum Gasteiger partial charge on any atom is -0.497 e. The third kappa shape index (κ3) is 11.3. The normalized spacial score (nSPS) is 24.6. The van der Waals surface area contributed by atoms with E-state index in [2.05, 4.69) is 20.7 Å². The molecule has 2 N–H and O–H groups in total. The van der Waals surface area contributed by atoms with E-state index < -0.39 is 52.6 Å². The van der Waals surface area contributed by atoms with Crippen LogP contribution < -0.4 is 20.1 Å². The van der Waals surface area contributed by atoms with Crippen LogP contribution in [-0.2, 0) is 36.9 Å². The van der Waals surface area contributed by atoms with Gasteiger partial charge in [-0.15, -0.1) is 0 Å². The van der Waals surface area contributed by atoms with Gasteiger partial charge in [-0.05, 0) is 89.9 Å². The molecular weight excluding hydrogens is 803 g/mol. The molecule has 2 aliphatic rings. The van der Waals surface area contributed by atoms with E-state index in [1.165, 1.54) is 12.1 Å². The predicted molar refractivity (Wildman–Crippen MR) is 230 cm³/mol. The third-order valence-corrected chi connectivity index (χ3v) is 11.4. The molecule has 0 spiro atoms. The summed E-state index contributed by atoms with van der Waals surface area (Å²) >= 11 is 0. The number of ether oxygens (including phenoxy) is 7. The van der Waals surface area contributed by atoms with Gasteiger partial charge in [-0.1, -0.05) is 55.4 Å². The van der Waals surface area contributed by atoms with E-state index in [-0.39, 0.29) is 61.0 Å². The number of nitrogens with one attached hydrogen (secondary N) is 2. The highest BCUT2D eigenvalue weighted by Crippen LogP contribution is 2.39. The SMILES string of the molecule is COc1ccc(COCC2O[C@@H](O[C@@H]3C(Nc4ccc(C)cc4[N+](=O)[O-])COC(COCc4ccc(OC)cc4)[C@@H]3N=[N+]=[N-])C(Nc3ccc(C)cc3[N+](=O)[O-])[C@@H](C)[C@@H]2C)cc1. The zero-order chi connectivity index (χ0) is 44.3. The van der Waals surface area contributed by atoms with Crippen LogP contribution in [0.2, 0.25) is 0 Å². The van der Waals surface area contributed by atoms with Crippen LogP contribution in [-0.4, -0.2) is 86.6 Å². The standard InChI is InChI=1S/C44H53N7O11/c1-26-7-17-34(37(19-26)50(52)53)46-36-23-60-40(25-59-22-31-11-15-33(57-6)16-12-31)42(48-49-45)43(36)62-44-41(47-35-18-8-27(2)20-38(35)51(54)55)29(4)28(3)39(61-44)24-58-21-30-9-13-32(56-5)14-10-30/h7-20,28-29,36,39-44,46-47H,21-25H2,1-6H3/t28-,29-,36?,39?,40?,41?,42-,43+,44-/m0/s1. The number of nitrogens with zero attached hydrogens (tertiary/aromatic N) is 5. The molecule has 0 aliphatic carbocycles. The second kappa shape index (κ2) is 21.2. The summed E-state index contributed by atoms with van der Waals surface area (Å²) in [5, 5.41) is 35.4. The largest absolute Gasteiger partial charge is 0.497 e. The quantitative estimate of drug-likeness (QED) is 0.0298. The number of anilines is 2. The van der Waals surface area contributed by atoms with Gasteiger partial charge in [-0.3, -0.25) is 20.2 Å². The Balaban J connectivity index is 1.33. The maximum absolute atomic E-state index is 12.3. The summed E-state index contributed by atoms with van der Waals surface area (Å²) in [4.78, 5) is 26.8. The van der Waals surface area contributed by atoms with Gasteiger partial charge in [0.15, 0.2) is 6.29 Å². The fourth-order valence-corrected chi connectivity index (χ4v) is 7.71. The molecule has 0 bridgehead atoms. The van der Waals surface area contributed by atoms with Crippen molar-refractivity contribution in [1.29, 1.82) is 0 Å². The number of hydrogen-bond acceptors (Lipinski definition) is 14.